The Balaban J connectivity index is 0.00000400. The van der Waals surface area contributed by atoms with E-state index >= 15 is 0 Å². The number of Topliss-reactive ketones (excluding diaryl/α,β-unsaturated/α-hetero) is 1. The summed E-state index contributed by atoms with van der Waals surface area (Å²) in [7, 11) is 6.91. The van der Waals surface area contributed by atoms with Crippen LogP contribution in [0.25, 0.3) is 5.57 Å². The van der Waals surface area contributed by atoms with E-state index in [0.29, 0.717) is 35.1 Å². The first-order valence-electron chi connectivity index (χ1n) is 11.6. The van der Waals surface area contributed by atoms with Gasteiger partial charge >= 0.3 is 29.6 Å². The second kappa shape index (κ2) is 13.0. The number of hydrogen-bond donors (Lipinski definition) is 0. The average Bonchev–Trinajstić information content (AvgIpc) is 3.36. The molecule has 3 aromatic rings. The molecule has 1 heterocycles. The largest absolute Gasteiger partial charge is 1.00 e. The van der Waals surface area contributed by atoms with Crippen LogP contribution in [0.3, 0.4) is 0 Å². The van der Waals surface area contributed by atoms with Gasteiger partial charge in [0.1, 0.15) is 5.75 Å². The van der Waals surface area contributed by atoms with Gasteiger partial charge in [-0.2, -0.15) is 0 Å². The van der Waals surface area contributed by atoms with Gasteiger partial charge in [-0.15, -0.1) is 0 Å². The molecule has 0 amide bonds. The summed E-state index contributed by atoms with van der Waals surface area (Å²) in [5.74, 6) is -0.327. The number of benzene rings is 3. The Morgan fingerprint density at radius 2 is 1.63 bits per heavy atom. The number of rotatable bonds is 10. The molecule has 3 aromatic carbocycles. The number of methoxy groups -OCH3 is 2. The molecule has 0 aliphatic carbocycles. The van der Waals surface area contributed by atoms with Crippen molar-refractivity contribution < 1.29 is 63.2 Å². The Kier molecular flexibility index (Phi) is 9.99. The van der Waals surface area contributed by atoms with E-state index in [1.807, 2.05) is 43.3 Å². The van der Waals surface area contributed by atoms with Crippen LogP contribution in [0, 0.1) is 0 Å². The van der Waals surface area contributed by atoms with Crippen LogP contribution in [0.4, 0.5) is 0 Å². The van der Waals surface area contributed by atoms with Crippen molar-refractivity contribution in [3.8, 4) is 23.0 Å². The first kappa shape index (κ1) is 29.3. The number of ketones is 1. The van der Waals surface area contributed by atoms with Crippen LogP contribution in [-0.4, -0.2) is 51.8 Å². The SMILES string of the molecule is COc1ccc(C(=O)C(Cc2cccc(CN(C)C)c2)=C(C(=O)[O-])c2cc(OC)c3c(c2)OCO3)cc1.[Na+]. The van der Waals surface area contributed by atoms with Gasteiger partial charge in [0.25, 0.3) is 0 Å². The van der Waals surface area contributed by atoms with Gasteiger partial charge in [-0.3, -0.25) is 4.79 Å². The number of fused-ring (bicyclic) bond motifs is 1. The third-order valence-electron chi connectivity index (χ3n) is 5.95. The first-order chi connectivity index (χ1) is 17.8. The van der Waals surface area contributed by atoms with Gasteiger partial charge in [-0.1, -0.05) is 24.3 Å². The van der Waals surface area contributed by atoms with E-state index in [1.165, 1.54) is 26.4 Å². The second-order valence-corrected chi connectivity index (χ2v) is 8.85. The van der Waals surface area contributed by atoms with Crippen molar-refractivity contribution in [1.82, 2.24) is 4.90 Å². The fraction of sp³-hybridized carbons (Fsp3) is 0.241. The molecule has 0 radical (unpaired) electrons. The molecule has 38 heavy (non-hydrogen) atoms. The van der Waals surface area contributed by atoms with Crippen LogP contribution in [-0.2, 0) is 17.8 Å². The minimum atomic E-state index is -1.48. The standard InChI is InChI=1S/C29H29NO7.Na/c1-30(2)16-19-7-5-6-18(12-19)13-23(27(31)20-8-10-22(34-3)11-9-20)26(29(32)33)21-14-24(35-4)28-25(15-21)36-17-37-28;/h5-12,14-15H,13,16-17H2,1-4H3,(H,32,33);/q;+1/p-1. The summed E-state index contributed by atoms with van der Waals surface area (Å²) in [5.41, 5.74) is 2.22. The smallest absolute Gasteiger partial charge is 0.545 e. The van der Waals surface area contributed by atoms with E-state index in [2.05, 4.69) is 0 Å². The molecule has 192 valence electrons. The zero-order valence-corrected chi connectivity index (χ0v) is 24.2. The molecule has 1 aliphatic heterocycles. The quantitative estimate of drug-likeness (QED) is 0.209. The molecule has 0 bridgehead atoms. The number of hydrogen-bond acceptors (Lipinski definition) is 8. The van der Waals surface area contributed by atoms with Crippen LogP contribution in [0.15, 0.2) is 66.2 Å². The Hall–Kier alpha value is -3.30. The molecule has 8 nitrogen and oxygen atoms in total. The van der Waals surface area contributed by atoms with Crippen molar-refractivity contribution in [2.24, 2.45) is 0 Å². The maximum atomic E-state index is 13.8. The third kappa shape index (κ3) is 6.57. The summed E-state index contributed by atoms with van der Waals surface area (Å²) in [6.45, 7) is 0.682. The third-order valence-corrected chi connectivity index (χ3v) is 5.95. The van der Waals surface area contributed by atoms with Crippen LogP contribution < -0.4 is 53.6 Å². The fourth-order valence-corrected chi connectivity index (χ4v) is 4.30. The molecule has 0 atom stereocenters. The second-order valence-electron chi connectivity index (χ2n) is 8.85. The number of carboxylic acids is 1. The zero-order chi connectivity index (χ0) is 26.5. The monoisotopic (exact) mass is 525 g/mol. The van der Waals surface area contributed by atoms with Crippen LogP contribution in [0.5, 0.6) is 23.0 Å². The van der Waals surface area contributed by atoms with Gasteiger partial charge in [0.2, 0.25) is 12.5 Å². The Morgan fingerprint density at radius 3 is 2.26 bits per heavy atom. The molecule has 0 spiro atoms. The molecule has 0 unspecified atom stereocenters. The van der Waals surface area contributed by atoms with Gasteiger partial charge in [0.15, 0.2) is 17.3 Å². The van der Waals surface area contributed by atoms with Gasteiger partial charge in [0, 0.05) is 29.7 Å². The maximum absolute atomic E-state index is 13.8. The molecule has 9 heteroatoms. The van der Waals surface area contributed by atoms with Crippen LogP contribution in [0.2, 0.25) is 0 Å². The molecule has 0 saturated heterocycles. The van der Waals surface area contributed by atoms with E-state index in [-0.39, 0.29) is 59.5 Å². The number of allylic oxidation sites excluding steroid dienone is 1. The molecular weight excluding hydrogens is 497 g/mol. The van der Waals surface area contributed by atoms with Crippen LogP contribution >= 0.6 is 0 Å². The Morgan fingerprint density at radius 1 is 0.921 bits per heavy atom. The summed E-state index contributed by atoms with van der Waals surface area (Å²) in [6.07, 6.45) is 0.0756. The van der Waals surface area contributed by atoms with E-state index in [0.717, 1.165) is 11.1 Å². The molecule has 1 aliphatic rings. The normalized spacial score (nSPS) is 12.4. The number of carboxylic acid groups (broad SMARTS) is 1. The fourth-order valence-electron chi connectivity index (χ4n) is 4.30. The van der Waals surface area contributed by atoms with E-state index in [9.17, 15) is 14.7 Å². The Labute approximate surface area is 244 Å². The summed E-state index contributed by atoms with van der Waals surface area (Å²) in [5, 5.41) is 12.6. The number of aliphatic carboxylic acids is 1. The average molecular weight is 526 g/mol. The van der Waals surface area contributed by atoms with E-state index in [1.54, 1.807) is 24.3 Å². The van der Waals surface area contributed by atoms with Crippen molar-refractivity contribution in [3.05, 3.63) is 88.5 Å². The van der Waals surface area contributed by atoms with Crippen molar-refractivity contribution >= 4 is 17.3 Å². The van der Waals surface area contributed by atoms with E-state index < -0.39 is 11.8 Å². The molecular formula is C29H28NNaO7. The number of carbonyl (C=O) groups is 2. The topological polar surface area (TPSA) is 97.4 Å². The van der Waals surface area contributed by atoms with Gasteiger partial charge in [0.05, 0.1) is 20.2 Å². The molecule has 0 fully saturated rings. The van der Waals surface area contributed by atoms with Crippen molar-refractivity contribution in [2.45, 2.75) is 13.0 Å². The molecule has 0 N–H and O–H groups in total. The zero-order valence-electron chi connectivity index (χ0n) is 22.2. The van der Waals surface area contributed by atoms with E-state index in [4.69, 9.17) is 18.9 Å². The van der Waals surface area contributed by atoms with Crippen molar-refractivity contribution in [2.75, 3.05) is 35.1 Å². The Bertz CT molecular complexity index is 1350. The number of carbonyl (C=O) groups excluding carboxylic acids is 2. The van der Waals surface area contributed by atoms with Crippen molar-refractivity contribution in [3.63, 3.8) is 0 Å². The molecule has 0 saturated carbocycles. The predicted molar refractivity (Wildman–Crippen MR) is 136 cm³/mol. The summed E-state index contributed by atoms with van der Waals surface area (Å²) >= 11 is 0. The molecule has 4 rings (SSSR count). The maximum Gasteiger partial charge on any atom is 1.00 e. The van der Waals surface area contributed by atoms with Gasteiger partial charge in [-0.05, 0) is 67.2 Å². The number of nitrogens with zero attached hydrogens (tertiary/aromatic N) is 1. The van der Waals surface area contributed by atoms with Crippen LogP contribution in [0.1, 0.15) is 27.0 Å². The van der Waals surface area contributed by atoms with Gasteiger partial charge in [-0.25, -0.2) is 0 Å². The summed E-state index contributed by atoms with van der Waals surface area (Å²) in [6, 6.07) is 17.3. The first-order valence-corrected chi connectivity index (χ1v) is 11.6. The van der Waals surface area contributed by atoms with Crippen molar-refractivity contribution in [1.29, 1.82) is 0 Å². The van der Waals surface area contributed by atoms with Gasteiger partial charge < -0.3 is 33.7 Å². The minimum absolute atomic E-state index is 0. The number of ether oxygens (including phenoxy) is 4. The summed E-state index contributed by atoms with van der Waals surface area (Å²) < 4.78 is 21.5. The summed E-state index contributed by atoms with van der Waals surface area (Å²) in [4.78, 5) is 28.5. The predicted octanol–water partition coefficient (Wildman–Crippen LogP) is 0.127. The molecule has 0 aromatic heterocycles. The minimum Gasteiger partial charge on any atom is -0.545 e.